The van der Waals surface area contributed by atoms with E-state index in [9.17, 15) is 5.11 Å². The highest BCUT2D eigenvalue weighted by atomic mass is 16.5. The zero-order chi connectivity index (χ0) is 14.7. The summed E-state index contributed by atoms with van der Waals surface area (Å²) in [5.41, 5.74) is 1.46. The maximum Gasteiger partial charge on any atom is 0.123 e. The molecule has 0 heterocycles. The second kappa shape index (κ2) is 5.63. The van der Waals surface area contributed by atoms with E-state index in [-0.39, 0.29) is 5.75 Å². The summed E-state index contributed by atoms with van der Waals surface area (Å²) in [6, 6.07) is 18.3. The minimum absolute atomic E-state index is 0.244. The van der Waals surface area contributed by atoms with Gasteiger partial charge in [-0.05, 0) is 36.4 Å². The van der Waals surface area contributed by atoms with Crippen molar-refractivity contribution in [2.24, 2.45) is 10.2 Å². The highest BCUT2D eigenvalue weighted by molar-refractivity contribution is 5.96. The van der Waals surface area contributed by atoms with E-state index >= 15 is 0 Å². The number of methoxy groups -OCH3 is 1. The van der Waals surface area contributed by atoms with Gasteiger partial charge in [-0.1, -0.05) is 24.3 Å². The molecule has 0 amide bonds. The number of hydrogen-bond donors (Lipinski definition) is 1. The highest BCUT2D eigenvalue weighted by Gasteiger charge is 2.03. The maximum atomic E-state index is 9.85. The predicted octanol–water partition coefficient (Wildman–Crippen LogP) is 4.97. The Bertz CT molecular complexity index is 795. The summed E-state index contributed by atoms with van der Waals surface area (Å²) in [6.45, 7) is 0. The van der Waals surface area contributed by atoms with Gasteiger partial charge >= 0.3 is 0 Å². The number of rotatable bonds is 3. The molecule has 4 heteroatoms. The standard InChI is InChI=1S/C17H14N2O2/c1-21-13-8-6-12(7-9-13)18-19-16-10-11-17(20)15-5-3-2-4-14(15)16/h2-11,20H,1H3/b19-18+. The van der Waals surface area contributed by atoms with Crippen molar-refractivity contribution in [2.75, 3.05) is 7.11 Å². The summed E-state index contributed by atoms with van der Waals surface area (Å²) >= 11 is 0. The molecular formula is C17H14N2O2. The molecule has 0 aliphatic carbocycles. The van der Waals surface area contributed by atoms with Gasteiger partial charge < -0.3 is 9.84 Å². The number of benzene rings is 3. The molecular weight excluding hydrogens is 264 g/mol. The van der Waals surface area contributed by atoms with Gasteiger partial charge in [-0.25, -0.2) is 0 Å². The molecule has 3 aromatic carbocycles. The van der Waals surface area contributed by atoms with Crippen molar-refractivity contribution in [1.82, 2.24) is 0 Å². The van der Waals surface area contributed by atoms with Gasteiger partial charge in [0.1, 0.15) is 11.5 Å². The molecule has 4 nitrogen and oxygen atoms in total. The molecule has 21 heavy (non-hydrogen) atoms. The van der Waals surface area contributed by atoms with E-state index in [4.69, 9.17) is 4.74 Å². The van der Waals surface area contributed by atoms with E-state index < -0.39 is 0 Å². The van der Waals surface area contributed by atoms with Gasteiger partial charge in [-0.15, -0.1) is 5.11 Å². The van der Waals surface area contributed by atoms with Crippen LogP contribution < -0.4 is 4.74 Å². The highest BCUT2D eigenvalue weighted by Crippen LogP contribution is 2.33. The molecule has 0 saturated carbocycles. The first-order valence-corrected chi connectivity index (χ1v) is 6.54. The van der Waals surface area contributed by atoms with Crippen LogP contribution in [-0.2, 0) is 0 Å². The predicted molar refractivity (Wildman–Crippen MR) is 82.8 cm³/mol. The van der Waals surface area contributed by atoms with Crippen LogP contribution in [0.3, 0.4) is 0 Å². The second-order valence-electron chi connectivity index (χ2n) is 4.55. The van der Waals surface area contributed by atoms with Crippen LogP contribution in [0.15, 0.2) is 70.9 Å². The van der Waals surface area contributed by atoms with E-state index in [1.54, 1.807) is 19.2 Å². The third-order valence-electron chi connectivity index (χ3n) is 3.22. The number of phenolic OH excluding ortho intramolecular Hbond substituents is 1. The molecule has 0 atom stereocenters. The second-order valence-corrected chi connectivity index (χ2v) is 4.55. The Hall–Kier alpha value is -2.88. The van der Waals surface area contributed by atoms with E-state index in [2.05, 4.69) is 10.2 Å². The van der Waals surface area contributed by atoms with Crippen molar-refractivity contribution in [3.63, 3.8) is 0 Å². The van der Waals surface area contributed by atoms with Crippen LogP contribution in [-0.4, -0.2) is 12.2 Å². The van der Waals surface area contributed by atoms with E-state index in [1.165, 1.54) is 0 Å². The number of ether oxygens (including phenoxy) is 1. The summed E-state index contributed by atoms with van der Waals surface area (Å²) in [6.07, 6.45) is 0. The Balaban J connectivity index is 1.97. The van der Waals surface area contributed by atoms with Crippen molar-refractivity contribution in [3.05, 3.63) is 60.7 Å². The van der Waals surface area contributed by atoms with Gasteiger partial charge in [-0.3, -0.25) is 0 Å². The van der Waals surface area contributed by atoms with Crippen LogP contribution in [0.1, 0.15) is 0 Å². The van der Waals surface area contributed by atoms with Crippen LogP contribution in [0.5, 0.6) is 11.5 Å². The minimum Gasteiger partial charge on any atom is -0.507 e. The molecule has 3 rings (SSSR count). The summed E-state index contributed by atoms with van der Waals surface area (Å²) in [5, 5.41) is 20.0. The van der Waals surface area contributed by atoms with Crippen LogP contribution in [0, 0.1) is 0 Å². The lowest BCUT2D eigenvalue weighted by Crippen LogP contribution is -1.79. The van der Waals surface area contributed by atoms with Crippen molar-refractivity contribution in [2.45, 2.75) is 0 Å². The summed E-state index contributed by atoms with van der Waals surface area (Å²) < 4.78 is 5.10. The Labute approximate surface area is 122 Å². The molecule has 0 bridgehead atoms. The Morgan fingerprint density at radius 3 is 2.24 bits per heavy atom. The van der Waals surface area contributed by atoms with Crippen LogP contribution >= 0.6 is 0 Å². The number of fused-ring (bicyclic) bond motifs is 1. The number of azo groups is 1. The number of aromatic hydroxyl groups is 1. The first kappa shape index (κ1) is 13.1. The lowest BCUT2D eigenvalue weighted by molar-refractivity contribution is 0.415. The Morgan fingerprint density at radius 1 is 0.810 bits per heavy atom. The third-order valence-corrected chi connectivity index (χ3v) is 3.22. The molecule has 0 saturated heterocycles. The Morgan fingerprint density at radius 2 is 1.52 bits per heavy atom. The zero-order valence-electron chi connectivity index (χ0n) is 11.5. The van der Waals surface area contributed by atoms with Gasteiger partial charge in [0.25, 0.3) is 0 Å². The molecule has 104 valence electrons. The van der Waals surface area contributed by atoms with Gasteiger partial charge in [0.2, 0.25) is 0 Å². The topological polar surface area (TPSA) is 54.2 Å². The summed E-state index contributed by atoms with van der Waals surface area (Å²) in [4.78, 5) is 0. The van der Waals surface area contributed by atoms with E-state index in [0.29, 0.717) is 0 Å². The average molecular weight is 278 g/mol. The third kappa shape index (κ3) is 2.69. The molecule has 0 aromatic heterocycles. The first-order valence-electron chi connectivity index (χ1n) is 6.54. The zero-order valence-corrected chi connectivity index (χ0v) is 11.5. The lowest BCUT2D eigenvalue weighted by Gasteiger charge is -2.03. The fraction of sp³-hybridized carbons (Fsp3) is 0.0588. The minimum atomic E-state index is 0.244. The van der Waals surface area contributed by atoms with E-state index in [1.807, 2.05) is 48.5 Å². The first-order chi connectivity index (χ1) is 10.3. The molecule has 0 unspecified atom stereocenters. The van der Waals surface area contributed by atoms with Crippen LogP contribution in [0.2, 0.25) is 0 Å². The van der Waals surface area contributed by atoms with Gasteiger partial charge in [0.15, 0.2) is 0 Å². The molecule has 0 spiro atoms. The van der Waals surface area contributed by atoms with Crippen LogP contribution in [0.4, 0.5) is 11.4 Å². The molecule has 0 radical (unpaired) electrons. The normalized spacial score (nSPS) is 11.1. The number of nitrogens with zero attached hydrogens (tertiary/aromatic N) is 2. The van der Waals surface area contributed by atoms with Crippen molar-refractivity contribution >= 4 is 22.1 Å². The SMILES string of the molecule is COc1ccc(/N=N/c2ccc(O)c3ccccc23)cc1. The van der Waals surface area contributed by atoms with Crippen molar-refractivity contribution < 1.29 is 9.84 Å². The van der Waals surface area contributed by atoms with Gasteiger partial charge in [0.05, 0.1) is 18.5 Å². The average Bonchev–Trinajstić information content (AvgIpc) is 2.55. The molecule has 1 N–H and O–H groups in total. The van der Waals surface area contributed by atoms with Gasteiger partial charge in [-0.2, -0.15) is 5.11 Å². The van der Waals surface area contributed by atoms with Gasteiger partial charge in [0, 0.05) is 10.8 Å². The lowest BCUT2D eigenvalue weighted by atomic mass is 10.1. The smallest absolute Gasteiger partial charge is 0.123 e. The number of hydrogen-bond acceptors (Lipinski definition) is 4. The van der Waals surface area contributed by atoms with Crippen LogP contribution in [0.25, 0.3) is 10.8 Å². The fourth-order valence-electron chi connectivity index (χ4n) is 2.11. The monoisotopic (exact) mass is 278 g/mol. The summed E-state index contributed by atoms with van der Waals surface area (Å²) in [5.74, 6) is 1.03. The summed E-state index contributed by atoms with van der Waals surface area (Å²) in [7, 11) is 1.62. The molecule has 0 fully saturated rings. The van der Waals surface area contributed by atoms with E-state index in [0.717, 1.165) is 27.9 Å². The molecule has 0 aliphatic heterocycles. The van der Waals surface area contributed by atoms with Crippen molar-refractivity contribution in [1.29, 1.82) is 0 Å². The van der Waals surface area contributed by atoms with Crippen molar-refractivity contribution in [3.8, 4) is 11.5 Å². The quantitative estimate of drug-likeness (QED) is 0.688. The largest absolute Gasteiger partial charge is 0.507 e. The number of phenols is 1. The maximum absolute atomic E-state index is 9.85. The fourth-order valence-corrected chi connectivity index (χ4v) is 2.11. The molecule has 3 aromatic rings. The Kier molecular flexibility index (Phi) is 3.51. The molecule has 0 aliphatic rings.